The van der Waals surface area contributed by atoms with E-state index in [0.29, 0.717) is 5.69 Å². The van der Waals surface area contributed by atoms with Gasteiger partial charge in [-0.25, -0.2) is 0 Å². The number of amides is 2. The molecule has 0 aromatic carbocycles. The number of anilines is 1. The fraction of sp³-hybridized carbons (Fsp3) is 0.545. The number of nitrogens with one attached hydrogen (secondary N) is 1. The molecule has 1 saturated carbocycles. The van der Waals surface area contributed by atoms with Crippen molar-refractivity contribution in [2.24, 2.45) is 17.4 Å². The van der Waals surface area contributed by atoms with Crippen molar-refractivity contribution in [1.82, 2.24) is 9.78 Å². The molecule has 0 saturated heterocycles. The normalized spacial score (nSPS) is 18.1. The third kappa shape index (κ3) is 2.67. The van der Waals surface area contributed by atoms with Gasteiger partial charge >= 0.3 is 0 Å². The van der Waals surface area contributed by atoms with Crippen LogP contribution in [0.3, 0.4) is 0 Å². The molecule has 1 unspecified atom stereocenters. The molecule has 7 heteroatoms. The first kappa shape index (κ1) is 12.6. The van der Waals surface area contributed by atoms with Crippen LogP contribution in [-0.2, 0) is 16.1 Å². The van der Waals surface area contributed by atoms with Crippen LogP contribution in [0.4, 0.5) is 5.69 Å². The van der Waals surface area contributed by atoms with E-state index in [2.05, 4.69) is 10.4 Å². The molecule has 1 aromatic heterocycles. The molecule has 98 valence electrons. The third-order valence-corrected chi connectivity index (χ3v) is 3.12. The van der Waals surface area contributed by atoms with Crippen molar-refractivity contribution in [2.45, 2.75) is 31.8 Å². The minimum Gasteiger partial charge on any atom is -0.368 e. The van der Waals surface area contributed by atoms with Crippen LogP contribution in [0, 0.1) is 5.92 Å². The van der Waals surface area contributed by atoms with E-state index >= 15 is 0 Å². The van der Waals surface area contributed by atoms with Gasteiger partial charge in [0.1, 0.15) is 6.54 Å². The summed E-state index contributed by atoms with van der Waals surface area (Å²) in [5.41, 5.74) is 10.7. The van der Waals surface area contributed by atoms with Crippen LogP contribution in [0.2, 0.25) is 0 Å². The van der Waals surface area contributed by atoms with Gasteiger partial charge in [0, 0.05) is 6.20 Å². The van der Waals surface area contributed by atoms with Crippen molar-refractivity contribution in [2.75, 3.05) is 5.32 Å². The summed E-state index contributed by atoms with van der Waals surface area (Å²) >= 11 is 0. The van der Waals surface area contributed by atoms with E-state index < -0.39 is 11.4 Å². The number of nitrogens with two attached hydrogens (primary N) is 2. The highest BCUT2D eigenvalue weighted by atomic mass is 16.2. The molecule has 1 heterocycles. The number of hydrogen-bond acceptors (Lipinski definition) is 4. The highest BCUT2D eigenvalue weighted by Crippen LogP contribution is 2.38. The molecule has 1 aromatic rings. The van der Waals surface area contributed by atoms with Crippen molar-refractivity contribution in [3.63, 3.8) is 0 Å². The number of nitrogens with zero attached hydrogens (tertiary/aromatic N) is 2. The van der Waals surface area contributed by atoms with Crippen LogP contribution < -0.4 is 16.8 Å². The maximum Gasteiger partial charge on any atom is 0.244 e. The first-order valence-electron chi connectivity index (χ1n) is 5.80. The Balaban J connectivity index is 1.98. The highest BCUT2D eigenvalue weighted by molar-refractivity contribution is 5.98. The summed E-state index contributed by atoms with van der Waals surface area (Å²) in [6, 6.07) is 0. The first-order chi connectivity index (χ1) is 8.39. The minimum absolute atomic E-state index is 0.0155. The van der Waals surface area contributed by atoms with Crippen molar-refractivity contribution in [3.05, 3.63) is 12.4 Å². The Bertz CT molecular complexity index is 476. The van der Waals surface area contributed by atoms with Crippen LogP contribution >= 0.6 is 0 Å². The van der Waals surface area contributed by atoms with Gasteiger partial charge < -0.3 is 16.8 Å². The second kappa shape index (κ2) is 4.41. The van der Waals surface area contributed by atoms with E-state index in [1.165, 1.54) is 10.9 Å². The second-order valence-corrected chi connectivity index (χ2v) is 4.90. The molecule has 1 fully saturated rings. The van der Waals surface area contributed by atoms with E-state index in [1.807, 2.05) is 0 Å². The predicted octanol–water partition coefficient (Wildman–Crippen LogP) is -0.566. The van der Waals surface area contributed by atoms with Crippen molar-refractivity contribution in [1.29, 1.82) is 0 Å². The minimum atomic E-state index is -0.855. The van der Waals surface area contributed by atoms with Crippen LogP contribution in [0.15, 0.2) is 12.4 Å². The van der Waals surface area contributed by atoms with Gasteiger partial charge in [-0.05, 0) is 25.7 Å². The quantitative estimate of drug-likeness (QED) is 0.650. The largest absolute Gasteiger partial charge is 0.368 e. The lowest BCUT2D eigenvalue weighted by molar-refractivity contribution is -0.121. The average Bonchev–Trinajstić information content (AvgIpc) is 3.03. The van der Waals surface area contributed by atoms with Gasteiger partial charge in [0.05, 0.1) is 17.4 Å². The van der Waals surface area contributed by atoms with Gasteiger partial charge in [0.25, 0.3) is 0 Å². The lowest BCUT2D eigenvalue weighted by Crippen LogP contribution is -2.50. The van der Waals surface area contributed by atoms with Gasteiger partial charge in [-0.3, -0.25) is 14.3 Å². The number of carbonyl (C=O) groups is 2. The van der Waals surface area contributed by atoms with Gasteiger partial charge in [0.15, 0.2) is 0 Å². The Labute approximate surface area is 105 Å². The molecular weight excluding hydrogens is 234 g/mol. The Morgan fingerprint density at radius 2 is 2.28 bits per heavy atom. The Morgan fingerprint density at radius 3 is 2.83 bits per heavy atom. The van der Waals surface area contributed by atoms with Gasteiger partial charge in [-0.2, -0.15) is 5.10 Å². The highest BCUT2D eigenvalue weighted by Gasteiger charge is 2.44. The summed E-state index contributed by atoms with van der Waals surface area (Å²) in [6.45, 7) is 1.71. The molecule has 0 radical (unpaired) electrons. The standard InChI is InChI=1S/C11H17N5O2/c1-11(13,7-2-3-7)10(18)15-8-4-14-16(5-8)6-9(12)17/h4-5,7H,2-3,6,13H2,1H3,(H2,12,17)(H,15,18). The Morgan fingerprint density at radius 1 is 1.61 bits per heavy atom. The van der Waals surface area contributed by atoms with Crippen molar-refractivity contribution >= 4 is 17.5 Å². The zero-order chi connectivity index (χ0) is 13.3. The molecule has 1 atom stereocenters. The lowest BCUT2D eigenvalue weighted by Gasteiger charge is -2.22. The van der Waals surface area contributed by atoms with E-state index in [9.17, 15) is 9.59 Å². The molecule has 2 rings (SSSR count). The number of carbonyl (C=O) groups excluding carboxylic acids is 2. The lowest BCUT2D eigenvalue weighted by atomic mass is 9.96. The van der Waals surface area contributed by atoms with Gasteiger partial charge in [0.2, 0.25) is 11.8 Å². The summed E-state index contributed by atoms with van der Waals surface area (Å²) in [5, 5.41) is 6.61. The average molecular weight is 251 g/mol. The van der Waals surface area contributed by atoms with Gasteiger partial charge in [-0.1, -0.05) is 0 Å². The maximum atomic E-state index is 12.0. The molecule has 1 aliphatic carbocycles. The van der Waals surface area contributed by atoms with Crippen LogP contribution in [0.1, 0.15) is 19.8 Å². The molecular formula is C11H17N5O2. The van der Waals surface area contributed by atoms with Crippen LogP contribution in [0.25, 0.3) is 0 Å². The third-order valence-electron chi connectivity index (χ3n) is 3.12. The molecule has 2 amide bonds. The van der Waals surface area contributed by atoms with Gasteiger partial charge in [-0.15, -0.1) is 0 Å². The number of aromatic nitrogens is 2. The molecule has 1 aliphatic rings. The summed E-state index contributed by atoms with van der Waals surface area (Å²) < 4.78 is 1.36. The number of hydrogen-bond donors (Lipinski definition) is 3. The van der Waals surface area contributed by atoms with E-state index in [1.54, 1.807) is 13.1 Å². The second-order valence-electron chi connectivity index (χ2n) is 4.90. The zero-order valence-corrected chi connectivity index (χ0v) is 10.2. The summed E-state index contributed by atoms with van der Waals surface area (Å²) in [6.07, 6.45) is 4.98. The fourth-order valence-corrected chi connectivity index (χ4v) is 1.81. The smallest absolute Gasteiger partial charge is 0.244 e. The molecule has 0 spiro atoms. The monoisotopic (exact) mass is 251 g/mol. The predicted molar refractivity (Wildman–Crippen MR) is 65.4 cm³/mol. The molecule has 7 nitrogen and oxygen atoms in total. The zero-order valence-electron chi connectivity index (χ0n) is 10.2. The van der Waals surface area contributed by atoms with E-state index in [-0.39, 0.29) is 18.4 Å². The van der Waals surface area contributed by atoms with Crippen LogP contribution in [-0.4, -0.2) is 27.1 Å². The fourth-order valence-electron chi connectivity index (χ4n) is 1.81. The summed E-state index contributed by atoms with van der Waals surface area (Å²) in [5.74, 6) is -0.473. The maximum absolute atomic E-state index is 12.0. The summed E-state index contributed by atoms with van der Waals surface area (Å²) in [7, 11) is 0. The Kier molecular flexibility index (Phi) is 3.08. The van der Waals surface area contributed by atoms with E-state index in [0.717, 1.165) is 12.8 Å². The van der Waals surface area contributed by atoms with Crippen molar-refractivity contribution in [3.8, 4) is 0 Å². The SMILES string of the molecule is CC(N)(C(=O)Nc1cnn(CC(N)=O)c1)C1CC1. The first-order valence-corrected chi connectivity index (χ1v) is 5.80. The Hall–Kier alpha value is -1.89. The molecule has 18 heavy (non-hydrogen) atoms. The number of primary amides is 1. The van der Waals surface area contributed by atoms with Crippen molar-refractivity contribution < 1.29 is 9.59 Å². The number of rotatable bonds is 5. The van der Waals surface area contributed by atoms with E-state index in [4.69, 9.17) is 11.5 Å². The molecule has 5 N–H and O–H groups in total. The topological polar surface area (TPSA) is 116 Å². The van der Waals surface area contributed by atoms with Crippen LogP contribution in [0.5, 0.6) is 0 Å². The summed E-state index contributed by atoms with van der Waals surface area (Å²) in [4.78, 5) is 22.7. The molecule has 0 bridgehead atoms. The molecule has 0 aliphatic heterocycles.